The first kappa shape index (κ1) is 13.9. The molecule has 0 bridgehead atoms. The third-order valence-electron chi connectivity index (χ3n) is 1.94. The van der Waals surface area contributed by atoms with Crippen molar-refractivity contribution in [3.05, 3.63) is 11.8 Å². The first-order valence-corrected chi connectivity index (χ1v) is 7.13. The monoisotopic (exact) mass is 216 g/mol. The predicted octanol–water partition coefficient (Wildman–Crippen LogP) is 2.96. The van der Waals surface area contributed by atoms with Crippen molar-refractivity contribution >= 4 is 9.28 Å². The third kappa shape index (κ3) is 7.30. The predicted molar refractivity (Wildman–Crippen MR) is 63.7 cm³/mol. The molecule has 0 aromatic carbocycles. The quantitative estimate of drug-likeness (QED) is 0.436. The van der Waals surface area contributed by atoms with Gasteiger partial charge >= 0.3 is 9.28 Å². The fourth-order valence-electron chi connectivity index (χ4n) is 1.00. The molecule has 0 radical (unpaired) electrons. The Morgan fingerprint density at radius 1 is 1.07 bits per heavy atom. The van der Waals surface area contributed by atoms with E-state index in [1.807, 2.05) is 6.92 Å². The van der Waals surface area contributed by atoms with Crippen molar-refractivity contribution in [1.82, 2.24) is 0 Å². The molecular weight excluding hydrogens is 192 g/mol. The average Bonchev–Trinajstić information content (AvgIpc) is 2.15. The Morgan fingerprint density at radius 3 is 1.79 bits per heavy atom. The number of unbranched alkanes of at least 4 members (excludes halogenated alkanes) is 2. The summed E-state index contributed by atoms with van der Waals surface area (Å²) in [4.78, 5) is 0. The van der Waals surface area contributed by atoms with Gasteiger partial charge in [0.05, 0.1) is 0 Å². The zero-order chi connectivity index (χ0) is 10.8. The van der Waals surface area contributed by atoms with Gasteiger partial charge in [0.15, 0.2) is 0 Å². The Labute approximate surface area is 90.2 Å². The number of allylic oxidation sites excluding steroid dienone is 1. The highest BCUT2D eigenvalue weighted by Gasteiger charge is 2.13. The van der Waals surface area contributed by atoms with Gasteiger partial charge in [0.25, 0.3) is 0 Å². The van der Waals surface area contributed by atoms with Crippen molar-refractivity contribution < 1.29 is 8.85 Å². The van der Waals surface area contributed by atoms with Gasteiger partial charge < -0.3 is 8.85 Å². The number of hydrogen-bond donors (Lipinski definition) is 0. The van der Waals surface area contributed by atoms with Gasteiger partial charge in [-0.2, -0.15) is 0 Å². The zero-order valence-electron chi connectivity index (χ0n) is 9.84. The lowest BCUT2D eigenvalue weighted by Gasteiger charge is -2.16. The third-order valence-corrected chi connectivity index (χ3v) is 3.82. The van der Waals surface area contributed by atoms with Crippen LogP contribution in [0.15, 0.2) is 11.8 Å². The van der Waals surface area contributed by atoms with Gasteiger partial charge in [-0.1, -0.05) is 33.3 Å². The summed E-state index contributed by atoms with van der Waals surface area (Å²) in [5.74, 6) is 0. The van der Waals surface area contributed by atoms with E-state index in [4.69, 9.17) is 8.85 Å². The largest absolute Gasteiger partial charge is 0.393 e. The molecule has 0 aromatic heterocycles. The summed E-state index contributed by atoms with van der Waals surface area (Å²) < 4.78 is 11.4. The molecule has 0 N–H and O–H groups in total. The van der Waals surface area contributed by atoms with Crippen LogP contribution in [0.4, 0.5) is 0 Å². The molecule has 0 rings (SSSR count). The van der Waals surface area contributed by atoms with Crippen LogP contribution in [0.3, 0.4) is 0 Å². The minimum atomic E-state index is -1.56. The lowest BCUT2D eigenvalue weighted by atomic mass is 10.4. The molecule has 0 atom stereocenters. The molecule has 0 heterocycles. The summed E-state index contributed by atoms with van der Waals surface area (Å²) in [5.41, 5.74) is 0. The second kappa shape index (κ2) is 9.43. The fraction of sp³-hybridized carbons (Fsp3) is 0.818. The highest BCUT2D eigenvalue weighted by Crippen LogP contribution is 2.03. The van der Waals surface area contributed by atoms with Crippen LogP contribution < -0.4 is 0 Å². The maximum Gasteiger partial charge on any atom is 0.350 e. The van der Waals surface area contributed by atoms with Gasteiger partial charge in [-0.15, -0.1) is 0 Å². The molecule has 2 nitrogen and oxygen atoms in total. The van der Waals surface area contributed by atoms with Crippen LogP contribution in [0.5, 0.6) is 0 Å². The number of rotatable bonds is 9. The van der Waals surface area contributed by atoms with Gasteiger partial charge in [-0.3, -0.25) is 0 Å². The molecule has 84 valence electrons. The molecule has 0 aliphatic carbocycles. The zero-order valence-corrected chi connectivity index (χ0v) is 11.0. The van der Waals surface area contributed by atoms with Gasteiger partial charge in [0.1, 0.15) is 0 Å². The second-order valence-electron chi connectivity index (χ2n) is 3.63. The average molecular weight is 216 g/mol. The van der Waals surface area contributed by atoms with Crippen molar-refractivity contribution in [3.8, 4) is 0 Å². The van der Waals surface area contributed by atoms with E-state index >= 15 is 0 Å². The van der Waals surface area contributed by atoms with Crippen LogP contribution in [0.25, 0.3) is 0 Å². The number of hydrogen-bond acceptors (Lipinski definition) is 2. The topological polar surface area (TPSA) is 18.5 Å². The second-order valence-corrected chi connectivity index (χ2v) is 5.94. The van der Waals surface area contributed by atoms with Gasteiger partial charge in [0.2, 0.25) is 0 Å². The maximum absolute atomic E-state index is 5.71. The lowest BCUT2D eigenvalue weighted by molar-refractivity contribution is 0.198. The van der Waals surface area contributed by atoms with Gasteiger partial charge in [0, 0.05) is 13.2 Å². The molecule has 3 heteroatoms. The first-order chi connectivity index (χ1) is 6.72. The Balaban J connectivity index is 3.61. The Bertz CT molecular complexity index is 138. The normalized spacial score (nSPS) is 10.9. The lowest BCUT2D eigenvalue weighted by Crippen LogP contribution is -2.25. The van der Waals surface area contributed by atoms with Crippen molar-refractivity contribution in [2.24, 2.45) is 0 Å². The Kier molecular flexibility index (Phi) is 9.35. The molecule has 0 spiro atoms. The van der Waals surface area contributed by atoms with E-state index in [9.17, 15) is 0 Å². The maximum atomic E-state index is 5.71. The van der Waals surface area contributed by atoms with Crippen molar-refractivity contribution in [1.29, 1.82) is 0 Å². The van der Waals surface area contributed by atoms with E-state index in [1.54, 1.807) is 0 Å². The van der Waals surface area contributed by atoms with Crippen LogP contribution in [-0.2, 0) is 8.85 Å². The molecule has 0 saturated carbocycles. The summed E-state index contributed by atoms with van der Waals surface area (Å²) in [6, 6.07) is 0. The van der Waals surface area contributed by atoms with Crippen LogP contribution in [0.1, 0.15) is 46.5 Å². The van der Waals surface area contributed by atoms with E-state index in [0.717, 1.165) is 31.3 Å². The fourth-order valence-corrected chi connectivity index (χ4v) is 2.43. The summed E-state index contributed by atoms with van der Waals surface area (Å²) in [7, 11) is -1.56. The minimum absolute atomic E-state index is 0.826. The Morgan fingerprint density at radius 2 is 1.50 bits per heavy atom. The molecule has 14 heavy (non-hydrogen) atoms. The molecule has 0 aliphatic heterocycles. The molecule has 0 saturated heterocycles. The molecular formula is C11H24O2Si. The van der Waals surface area contributed by atoms with E-state index in [0.29, 0.717) is 0 Å². The highest BCUT2D eigenvalue weighted by molar-refractivity contribution is 6.53. The molecule has 0 aliphatic rings. The van der Waals surface area contributed by atoms with Gasteiger partial charge in [-0.25, -0.2) is 0 Å². The summed E-state index contributed by atoms with van der Waals surface area (Å²) in [5, 5.41) is 1.09. The first-order valence-electron chi connectivity index (χ1n) is 5.61. The van der Waals surface area contributed by atoms with E-state index in [2.05, 4.69) is 20.4 Å². The molecule has 0 unspecified atom stereocenters. The van der Waals surface area contributed by atoms with Gasteiger partial charge in [-0.05, 0) is 25.0 Å². The van der Waals surface area contributed by atoms with Crippen molar-refractivity contribution in [2.45, 2.75) is 46.5 Å². The minimum Gasteiger partial charge on any atom is -0.393 e. The summed E-state index contributed by atoms with van der Waals surface area (Å²) >= 11 is 0. The Hall–Kier alpha value is -0.123. The van der Waals surface area contributed by atoms with Crippen molar-refractivity contribution in [3.63, 3.8) is 0 Å². The van der Waals surface area contributed by atoms with E-state index in [1.165, 1.54) is 12.8 Å². The molecule has 0 aromatic rings. The van der Waals surface area contributed by atoms with Crippen LogP contribution in [0, 0.1) is 0 Å². The van der Waals surface area contributed by atoms with Crippen LogP contribution in [-0.4, -0.2) is 22.5 Å². The summed E-state index contributed by atoms with van der Waals surface area (Å²) in [6.45, 7) is 11.9. The van der Waals surface area contributed by atoms with Crippen LogP contribution in [0.2, 0.25) is 0 Å². The molecule has 0 amide bonds. The van der Waals surface area contributed by atoms with E-state index in [-0.39, 0.29) is 0 Å². The summed E-state index contributed by atoms with van der Waals surface area (Å²) in [6.07, 6.45) is 4.58. The molecule has 0 fully saturated rings. The smallest absolute Gasteiger partial charge is 0.350 e. The SMILES string of the molecule is C=C(C)[SiH](OCCCC)OCCCC. The van der Waals surface area contributed by atoms with Crippen molar-refractivity contribution in [2.75, 3.05) is 13.2 Å². The highest BCUT2D eigenvalue weighted by atomic mass is 28.3. The van der Waals surface area contributed by atoms with Crippen LogP contribution >= 0.6 is 0 Å². The van der Waals surface area contributed by atoms with E-state index < -0.39 is 9.28 Å². The standard InChI is InChI=1S/C11H24O2Si/c1-5-7-9-12-14(11(3)4)13-10-8-6-2/h14H,3,5-10H2,1-2,4H3.